The molecular weight excluding hydrogens is 376 g/mol. The molecule has 2 aromatic rings. The molecule has 0 aromatic heterocycles. The van der Waals surface area contributed by atoms with Gasteiger partial charge in [-0.05, 0) is 55.2 Å². The summed E-state index contributed by atoms with van der Waals surface area (Å²) in [6.07, 6.45) is 1.76. The Morgan fingerprint density at radius 1 is 1.14 bits per heavy atom. The van der Waals surface area contributed by atoms with Gasteiger partial charge in [-0.15, -0.1) is 0 Å². The highest BCUT2D eigenvalue weighted by Crippen LogP contribution is 2.24. The molecule has 1 N–H and O–H groups in total. The first-order chi connectivity index (χ1) is 13.4. The first-order valence-electron chi connectivity index (χ1n) is 9.41. The van der Waals surface area contributed by atoms with Gasteiger partial charge in [-0.2, -0.15) is 4.31 Å². The van der Waals surface area contributed by atoms with Gasteiger partial charge in [0.2, 0.25) is 10.0 Å². The van der Waals surface area contributed by atoms with E-state index in [2.05, 4.69) is 12.2 Å². The van der Waals surface area contributed by atoms with Gasteiger partial charge in [0.05, 0.1) is 18.6 Å². The van der Waals surface area contributed by atoms with Crippen LogP contribution in [0, 0.1) is 5.92 Å². The van der Waals surface area contributed by atoms with Crippen molar-refractivity contribution in [3.05, 3.63) is 54.1 Å². The van der Waals surface area contributed by atoms with Crippen molar-refractivity contribution in [1.29, 1.82) is 0 Å². The summed E-state index contributed by atoms with van der Waals surface area (Å²) in [5.41, 5.74) is 1.26. The van der Waals surface area contributed by atoms with Gasteiger partial charge >= 0.3 is 0 Å². The summed E-state index contributed by atoms with van der Waals surface area (Å²) in [7, 11) is -1.91. The van der Waals surface area contributed by atoms with Crippen LogP contribution >= 0.6 is 0 Å². The molecule has 0 saturated carbocycles. The van der Waals surface area contributed by atoms with E-state index in [1.54, 1.807) is 19.2 Å². The van der Waals surface area contributed by atoms with Gasteiger partial charge in [-0.3, -0.25) is 4.79 Å². The third-order valence-electron chi connectivity index (χ3n) is 5.08. The lowest BCUT2D eigenvalue weighted by Crippen LogP contribution is -2.37. The topological polar surface area (TPSA) is 75.7 Å². The number of hydrogen-bond acceptors (Lipinski definition) is 5. The van der Waals surface area contributed by atoms with Crippen molar-refractivity contribution >= 4 is 21.5 Å². The fraction of sp³-hybridized carbons (Fsp3) is 0.381. The Balaban J connectivity index is 1.63. The number of Topliss-reactive ketones (excluding diaryl/α,β-unsaturated/α-hetero) is 1. The number of carbonyl (C=O) groups excluding carboxylic acids is 1. The van der Waals surface area contributed by atoms with E-state index in [1.165, 1.54) is 16.4 Å². The Kier molecular flexibility index (Phi) is 6.36. The van der Waals surface area contributed by atoms with Crippen LogP contribution in [0.2, 0.25) is 0 Å². The summed E-state index contributed by atoms with van der Waals surface area (Å²) in [4.78, 5) is 12.7. The average Bonchev–Trinajstić information content (AvgIpc) is 2.72. The summed E-state index contributed by atoms with van der Waals surface area (Å²) in [5.74, 6) is 1.15. The molecule has 0 radical (unpaired) electrons. The van der Waals surface area contributed by atoms with Gasteiger partial charge in [-0.1, -0.05) is 13.0 Å². The molecule has 0 spiro atoms. The zero-order valence-corrected chi connectivity index (χ0v) is 17.0. The largest absolute Gasteiger partial charge is 0.497 e. The minimum Gasteiger partial charge on any atom is -0.497 e. The number of benzene rings is 2. The normalized spacial score (nSPS) is 15.9. The van der Waals surface area contributed by atoms with Crippen molar-refractivity contribution in [1.82, 2.24) is 4.31 Å². The Morgan fingerprint density at radius 3 is 2.46 bits per heavy atom. The monoisotopic (exact) mass is 402 g/mol. The number of ketones is 1. The number of piperidine rings is 1. The number of nitrogens with one attached hydrogen (secondary N) is 1. The molecule has 0 atom stereocenters. The summed E-state index contributed by atoms with van der Waals surface area (Å²) in [5, 5.41) is 3.06. The fourth-order valence-corrected chi connectivity index (χ4v) is 4.67. The molecule has 2 aromatic carbocycles. The third kappa shape index (κ3) is 4.72. The Hall–Kier alpha value is -2.38. The van der Waals surface area contributed by atoms with Gasteiger partial charge in [0.15, 0.2) is 5.78 Å². The third-order valence-corrected chi connectivity index (χ3v) is 6.99. The molecule has 3 rings (SSSR count). The smallest absolute Gasteiger partial charge is 0.243 e. The van der Waals surface area contributed by atoms with Crippen LogP contribution in [-0.2, 0) is 10.0 Å². The Bertz CT molecular complexity index is 918. The number of rotatable bonds is 7. The van der Waals surface area contributed by atoms with Gasteiger partial charge in [0.25, 0.3) is 0 Å². The molecule has 0 unspecified atom stereocenters. The predicted octanol–water partition coefficient (Wildman–Crippen LogP) is 3.41. The van der Waals surface area contributed by atoms with Crippen LogP contribution in [0.3, 0.4) is 0 Å². The molecular formula is C21H26N2O4S. The lowest BCUT2D eigenvalue weighted by Gasteiger charge is -2.29. The number of ether oxygens (including phenoxy) is 1. The Labute approximate surface area is 166 Å². The summed E-state index contributed by atoms with van der Waals surface area (Å²) >= 11 is 0. The van der Waals surface area contributed by atoms with E-state index in [-0.39, 0.29) is 17.2 Å². The van der Waals surface area contributed by atoms with Crippen LogP contribution < -0.4 is 10.1 Å². The number of sulfonamides is 1. The number of methoxy groups -OCH3 is 1. The molecule has 6 nitrogen and oxygen atoms in total. The van der Waals surface area contributed by atoms with E-state index in [0.29, 0.717) is 30.3 Å². The van der Waals surface area contributed by atoms with Crippen LogP contribution in [-0.4, -0.2) is 45.3 Å². The highest BCUT2D eigenvalue weighted by Gasteiger charge is 2.28. The van der Waals surface area contributed by atoms with Crippen LogP contribution in [0.4, 0.5) is 5.69 Å². The first kappa shape index (κ1) is 20.4. The highest BCUT2D eigenvalue weighted by molar-refractivity contribution is 7.89. The molecule has 1 aliphatic heterocycles. The second-order valence-electron chi connectivity index (χ2n) is 7.12. The molecule has 0 bridgehead atoms. The predicted molar refractivity (Wildman–Crippen MR) is 109 cm³/mol. The molecule has 1 heterocycles. The fourth-order valence-electron chi connectivity index (χ4n) is 3.20. The van der Waals surface area contributed by atoms with Crippen molar-refractivity contribution in [3.63, 3.8) is 0 Å². The van der Waals surface area contributed by atoms with Crippen LogP contribution in [0.15, 0.2) is 53.4 Å². The van der Waals surface area contributed by atoms with E-state index in [0.717, 1.165) is 18.5 Å². The van der Waals surface area contributed by atoms with E-state index in [9.17, 15) is 13.2 Å². The van der Waals surface area contributed by atoms with Crippen molar-refractivity contribution < 1.29 is 17.9 Å². The number of carbonyl (C=O) groups is 1. The van der Waals surface area contributed by atoms with Crippen molar-refractivity contribution in [2.45, 2.75) is 24.7 Å². The standard InChI is InChI=1S/C21H26N2O4S/c1-16-10-12-23(13-11-16)28(25,26)20-8-6-17(7-9-20)21(24)15-22-18-4-3-5-19(14-18)27-2/h3-9,14,16,22H,10-13,15H2,1-2H3. The molecule has 7 heteroatoms. The Morgan fingerprint density at radius 2 is 1.82 bits per heavy atom. The average molecular weight is 403 g/mol. The maximum Gasteiger partial charge on any atom is 0.243 e. The highest BCUT2D eigenvalue weighted by atomic mass is 32.2. The van der Waals surface area contributed by atoms with Crippen LogP contribution in [0.25, 0.3) is 0 Å². The van der Waals surface area contributed by atoms with E-state index in [1.807, 2.05) is 24.3 Å². The SMILES string of the molecule is COc1cccc(NCC(=O)c2ccc(S(=O)(=O)N3CCC(C)CC3)cc2)c1. The summed E-state index contributed by atoms with van der Waals surface area (Å²) in [6.45, 7) is 3.36. The second-order valence-corrected chi connectivity index (χ2v) is 9.06. The van der Waals surface area contributed by atoms with E-state index >= 15 is 0 Å². The van der Waals surface area contributed by atoms with Gasteiger partial charge < -0.3 is 10.1 Å². The number of nitrogens with zero attached hydrogens (tertiary/aromatic N) is 1. The molecule has 28 heavy (non-hydrogen) atoms. The zero-order valence-electron chi connectivity index (χ0n) is 16.2. The van der Waals surface area contributed by atoms with Crippen molar-refractivity contribution in [2.24, 2.45) is 5.92 Å². The van der Waals surface area contributed by atoms with Crippen LogP contribution in [0.1, 0.15) is 30.1 Å². The molecule has 1 aliphatic rings. The molecule has 0 aliphatic carbocycles. The summed E-state index contributed by atoms with van der Waals surface area (Å²) < 4.78 is 32.2. The van der Waals surface area contributed by atoms with E-state index < -0.39 is 10.0 Å². The maximum atomic E-state index is 12.8. The minimum absolute atomic E-state index is 0.112. The van der Waals surface area contributed by atoms with Crippen molar-refractivity contribution in [2.75, 3.05) is 32.1 Å². The van der Waals surface area contributed by atoms with Gasteiger partial charge in [0.1, 0.15) is 5.75 Å². The van der Waals surface area contributed by atoms with Crippen molar-refractivity contribution in [3.8, 4) is 5.75 Å². The van der Waals surface area contributed by atoms with Crippen LogP contribution in [0.5, 0.6) is 5.75 Å². The molecule has 1 fully saturated rings. The maximum absolute atomic E-state index is 12.8. The lowest BCUT2D eigenvalue weighted by molar-refractivity contribution is 0.101. The number of hydrogen-bond donors (Lipinski definition) is 1. The first-order valence-corrected chi connectivity index (χ1v) is 10.9. The molecule has 1 saturated heterocycles. The summed E-state index contributed by atoms with van der Waals surface area (Å²) in [6, 6.07) is 13.5. The quantitative estimate of drug-likeness (QED) is 0.719. The van der Waals surface area contributed by atoms with Gasteiger partial charge in [-0.25, -0.2) is 8.42 Å². The second kappa shape index (κ2) is 8.75. The lowest BCUT2D eigenvalue weighted by atomic mass is 10.0. The molecule has 0 amide bonds. The minimum atomic E-state index is -3.50. The molecule has 150 valence electrons. The zero-order chi connectivity index (χ0) is 20.1. The van der Waals surface area contributed by atoms with E-state index in [4.69, 9.17) is 4.74 Å². The van der Waals surface area contributed by atoms with Gasteiger partial charge in [0, 0.05) is 30.4 Å². The number of anilines is 1.